The topological polar surface area (TPSA) is 125 Å². The number of nitrogens with one attached hydrogen (secondary N) is 2. The fourth-order valence-corrected chi connectivity index (χ4v) is 5.20. The highest BCUT2D eigenvalue weighted by molar-refractivity contribution is 7.89. The molecule has 0 radical (unpaired) electrons. The second kappa shape index (κ2) is 7.36. The van der Waals surface area contributed by atoms with Gasteiger partial charge in [0.2, 0.25) is 10.0 Å². The summed E-state index contributed by atoms with van der Waals surface area (Å²) < 4.78 is 32.8. The first-order valence-corrected chi connectivity index (χ1v) is 11.1. The van der Waals surface area contributed by atoms with E-state index in [4.69, 9.17) is 4.74 Å². The summed E-state index contributed by atoms with van der Waals surface area (Å²) in [4.78, 5) is 33.2. The third-order valence-electron chi connectivity index (χ3n) is 5.41. The molecular weight excluding hydrogens is 422 g/mol. The molecule has 2 amide bonds. The standard InChI is InChI=1S/C20H19N5O5S/c26-19-11-30-18-4-2-14(10-17(18)23-19)31(28,29)25-7-5-24(6-8-25)20(27)13-1-3-15-16(9-13)22-12-21-15/h1-4,9-10,12H,5-8,11H2,(H,21,22)(H,23,26). The first-order chi connectivity index (χ1) is 14.9. The number of aromatic amines is 1. The van der Waals surface area contributed by atoms with Crippen molar-refractivity contribution in [3.05, 3.63) is 48.3 Å². The minimum absolute atomic E-state index is 0.0709. The summed E-state index contributed by atoms with van der Waals surface area (Å²) >= 11 is 0. The number of sulfonamides is 1. The third kappa shape index (κ3) is 3.51. The number of carbonyl (C=O) groups excluding carboxylic acids is 2. The highest BCUT2D eigenvalue weighted by atomic mass is 32.2. The van der Waals surface area contributed by atoms with Crippen LogP contribution in [0, 0.1) is 0 Å². The van der Waals surface area contributed by atoms with E-state index in [1.54, 1.807) is 29.4 Å². The maximum atomic E-state index is 13.1. The Hall–Kier alpha value is -3.44. The monoisotopic (exact) mass is 441 g/mol. The highest BCUT2D eigenvalue weighted by Crippen LogP contribution is 2.31. The van der Waals surface area contributed by atoms with E-state index in [2.05, 4.69) is 15.3 Å². The van der Waals surface area contributed by atoms with Crippen LogP contribution in [-0.2, 0) is 14.8 Å². The van der Waals surface area contributed by atoms with Gasteiger partial charge in [-0.2, -0.15) is 4.31 Å². The third-order valence-corrected chi connectivity index (χ3v) is 7.31. The van der Waals surface area contributed by atoms with Gasteiger partial charge >= 0.3 is 0 Å². The molecule has 0 atom stereocenters. The molecule has 1 aromatic heterocycles. The van der Waals surface area contributed by atoms with Gasteiger partial charge in [0.25, 0.3) is 11.8 Å². The van der Waals surface area contributed by atoms with Crippen molar-refractivity contribution in [2.24, 2.45) is 0 Å². The minimum atomic E-state index is -3.77. The molecule has 11 heteroatoms. The number of ether oxygens (including phenoxy) is 1. The summed E-state index contributed by atoms with van der Waals surface area (Å²) in [6, 6.07) is 9.64. The van der Waals surface area contributed by atoms with Gasteiger partial charge in [-0.1, -0.05) is 0 Å². The second-order valence-electron chi connectivity index (χ2n) is 7.33. The van der Waals surface area contributed by atoms with Crippen LogP contribution in [0.15, 0.2) is 47.6 Å². The van der Waals surface area contributed by atoms with E-state index in [0.29, 0.717) is 17.0 Å². The number of hydrogen-bond donors (Lipinski definition) is 2. The van der Waals surface area contributed by atoms with Crippen LogP contribution in [-0.4, -0.2) is 72.2 Å². The van der Waals surface area contributed by atoms with Crippen LogP contribution >= 0.6 is 0 Å². The maximum absolute atomic E-state index is 13.1. The Labute approximate surface area is 177 Å². The zero-order valence-electron chi connectivity index (χ0n) is 16.4. The van der Waals surface area contributed by atoms with E-state index in [9.17, 15) is 18.0 Å². The number of rotatable bonds is 3. The summed E-state index contributed by atoms with van der Waals surface area (Å²) in [5.74, 6) is -0.0483. The molecule has 0 unspecified atom stereocenters. The molecule has 0 saturated carbocycles. The van der Waals surface area contributed by atoms with Crippen LogP contribution in [0.3, 0.4) is 0 Å². The van der Waals surface area contributed by atoms with E-state index in [1.807, 2.05) is 0 Å². The van der Waals surface area contributed by atoms with Crippen molar-refractivity contribution >= 4 is 38.6 Å². The number of aromatic nitrogens is 2. The van der Waals surface area contributed by atoms with Crippen molar-refractivity contribution in [3.63, 3.8) is 0 Å². The Bertz CT molecular complexity index is 1290. The van der Waals surface area contributed by atoms with Crippen LogP contribution < -0.4 is 10.1 Å². The molecule has 0 bridgehead atoms. The number of amides is 2. The van der Waals surface area contributed by atoms with Gasteiger partial charge in [0, 0.05) is 31.7 Å². The van der Waals surface area contributed by atoms with E-state index in [0.717, 1.165) is 11.0 Å². The lowest BCUT2D eigenvalue weighted by Crippen LogP contribution is -2.50. The predicted molar refractivity (Wildman–Crippen MR) is 111 cm³/mol. The first-order valence-electron chi connectivity index (χ1n) is 9.71. The van der Waals surface area contributed by atoms with Gasteiger partial charge in [-0.15, -0.1) is 0 Å². The lowest BCUT2D eigenvalue weighted by molar-refractivity contribution is -0.118. The number of fused-ring (bicyclic) bond motifs is 2. The molecule has 31 heavy (non-hydrogen) atoms. The van der Waals surface area contributed by atoms with Gasteiger partial charge in [-0.25, -0.2) is 13.4 Å². The molecule has 3 heterocycles. The Kier molecular flexibility index (Phi) is 4.63. The number of anilines is 1. The minimum Gasteiger partial charge on any atom is -0.482 e. The van der Waals surface area contributed by atoms with Crippen molar-refractivity contribution in [1.82, 2.24) is 19.2 Å². The van der Waals surface area contributed by atoms with E-state index in [-0.39, 0.29) is 49.5 Å². The summed E-state index contributed by atoms with van der Waals surface area (Å²) in [6.45, 7) is 0.830. The lowest BCUT2D eigenvalue weighted by Gasteiger charge is -2.34. The van der Waals surface area contributed by atoms with Crippen molar-refractivity contribution < 1.29 is 22.7 Å². The van der Waals surface area contributed by atoms with E-state index in [1.165, 1.54) is 22.5 Å². The Balaban J connectivity index is 1.30. The Morgan fingerprint density at radius 3 is 2.68 bits per heavy atom. The summed E-state index contributed by atoms with van der Waals surface area (Å²) in [5.41, 5.74) is 2.41. The van der Waals surface area contributed by atoms with Gasteiger partial charge in [0.15, 0.2) is 6.61 Å². The zero-order chi connectivity index (χ0) is 21.6. The molecular formula is C20H19N5O5S. The molecule has 2 aliphatic rings. The van der Waals surface area contributed by atoms with Gasteiger partial charge in [-0.3, -0.25) is 9.59 Å². The van der Waals surface area contributed by atoms with E-state index >= 15 is 0 Å². The number of H-pyrrole nitrogens is 1. The smallest absolute Gasteiger partial charge is 0.262 e. The van der Waals surface area contributed by atoms with Crippen LogP contribution in [0.5, 0.6) is 5.75 Å². The largest absolute Gasteiger partial charge is 0.482 e. The van der Waals surface area contributed by atoms with Gasteiger partial charge < -0.3 is 19.9 Å². The molecule has 0 aliphatic carbocycles. The molecule has 2 aromatic carbocycles. The molecule has 5 rings (SSSR count). The van der Waals surface area contributed by atoms with Crippen LogP contribution in [0.2, 0.25) is 0 Å². The lowest BCUT2D eigenvalue weighted by atomic mass is 10.1. The molecule has 10 nitrogen and oxygen atoms in total. The molecule has 1 saturated heterocycles. The molecule has 0 spiro atoms. The number of nitrogens with zero attached hydrogens (tertiary/aromatic N) is 3. The number of piperazine rings is 1. The quantitative estimate of drug-likeness (QED) is 0.626. The zero-order valence-corrected chi connectivity index (χ0v) is 17.2. The predicted octanol–water partition coefficient (Wildman–Crippen LogP) is 1.04. The molecule has 2 aliphatic heterocycles. The number of carbonyl (C=O) groups is 2. The highest BCUT2D eigenvalue weighted by Gasteiger charge is 2.31. The average Bonchev–Trinajstić information content (AvgIpc) is 3.26. The first kappa shape index (κ1) is 19.5. The summed E-state index contributed by atoms with van der Waals surface area (Å²) in [6.07, 6.45) is 1.57. The van der Waals surface area contributed by atoms with Crippen molar-refractivity contribution in [1.29, 1.82) is 0 Å². The number of hydrogen-bond acceptors (Lipinski definition) is 6. The molecule has 2 N–H and O–H groups in total. The molecule has 3 aromatic rings. The van der Waals surface area contributed by atoms with Crippen molar-refractivity contribution in [2.45, 2.75) is 4.90 Å². The summed E-state index contributed by atoms with van der Waals surface area (Å²) in [7, 11) is -3.77. The fourth-order valence-electron chi connectivity index (χ4n) is 3.75. The van der Waals surface area contributed by atoms with Crippen LogP contribution in [0.1, 0.15) is 10.4 Å². The average molecular weight is 441 g/mol. The second-order valence-corrected chi connectivity index (χ2v) is 9.26. The van der Waals surface area contributed by atoms with Crippen molar-refractivity contribution in [3.8, 4) is 5.75 Å². The Morgan fingerprint density at radius 1 is 1.06 bits per heavy atom. The normalized spacial score (nSPS) is 17.2. The summed E-state index contributed by atoms with van der Waals surface area (Å²) in [5, 5.41) is 2.62. The van der Waals surface area contributed by atoms with Gasteiger partial charge in [-0.05, 0) is 36.4 Å². The SMILES string of the molecule is O=C1COc2ccc(S(=O)(=O)N3CCN(C(=O)c4ccc5nc[nH]c5c4)CC3)cc2N1. The van der Waals surface area contributed by atoms with Crippen LogP contribution in [0.4, 0.5) is 5.69 Å². The van der Waals surface area contributed by atoms with Gasteiger partial charge in [0.1, 0.15) is 5.75 Å². The van der Waals surface area contributed by atoms with E-state index < -0.39 is 10.0 Å². The van der Waals surface area contributed by atoms with Gasteiger partial charge in [0.05, 0.1) is 27.9 Å². The fraction of sp³-hybridized carbons (Fsp3) is 0.250. The Morgan fingerprint density at radius 2 is 1.87 bits per heavy atom. The number of imidazole rings is 1. The van der Waals surface area contributed by atoms with Crippen LogP contribution in [0.25, 0.3) is 11.0 Å². The van der Waals surface area contributed by atoms with Crippen molar-refractivity contribution in [2.75, 3.05) is 38.1 Å². The maximum Gasteiger partial charge on any atom is 0.262 e. The molecule has 1 fully saturated rings. The molecule has 160 valence electrons. The number of benzene rings is 2.